The number of carbonyl (C=O) groups is 1. The third-order valence-electron chi connectivity index (χ3n) is 4.50. The first-order chi connectivity index (χ1) is 12.0. The molecule has 0 saturated heterocycles. The maximum Gasteiger partial charge on any atom is 0.264 e. The number of nitrogens with zero attached hydrogens (tertiary/aromatic N) is 1. The van der Waals surface area contributed by atoms with Gasteiger partial charge in [0.2, 0.25) is 5.78 Å². The normalized spacial score (nSPS) is 12.1. The van der Waals surface area contributed by atoms with Crippen molar-refractivity contribution in [3.63, 3.8) is 0 Å². The molecule has 5 heteroatoms. The van der Waals surface area contributed by atoms with Gasteiger partial charge in [0.25, 0.3) is 5.56 Å². The second-order valence-electron chi connectivity index (χ2n) is 6.23. The van der Waals surface area contributed by atoms with Crippen molar-refractivity contribution in [1.29, 1.82) is 0 Å². The Hall–Kier alpha value is -2.95. The van der Waals surface area contributed by atoms with Crippen LogP contribution in [0.25, 0.3) is 0 Å². The zero-order valence-electron chi connectivity index (χ0n) is 14.6. The minimum atomic E-state index is -0.231. The van der Waals surface area contributed by atoms with E-state index < -0.39 is 0 Å². The van der Waals surface area contributed by atoms with E-state index in [0.29, 0.717) is 11.3 Å². The van der Waals surface area contributed by atoms with Crippen LogP contribution in [0.5, 0.6) is 0 Å². The fraction of sp³-hybridized carbons (Fsp3) is 0.250. The van der Waals surface area contributed by atoms with Crippen LogP contribution in [0.15, 0.2) is 47.3 Å². The van der Waals surface area contributed by atoms with Gasteiger partial charge in [-0.1, -0.05) is 38.1 Å². The molecular formula is C20H21N3O2. The van der Waals surface area contributed by atoms with Crippen molar-refractivity contribution in [3.8, 4) is 0 Å². The molecule has 1 unspecified atom stereocenters. The maximum absolute atomic E-state index is 12.8. The first-order valence-corrected chi connectivity index (χ1v) is 8.38. The van der Waals surface area contributed by atoms with Gasteiger partial charge in [0.15, 0.2) is 0 Å². The van der Waals surface area contributed by atoms with Crippen molar-refractivity contribution in [3.05, 3.63) is 86.6 Å². The number of rotatable bonds is 5. The number of aryl methyl sites for hydroxylation is 2. The van der Waals surface area contributed by atoms with E-state index in [1.54, 1.807) is 6.07 Å². The van der Waals surface area contributed by atoms with Crippen LogP contribution in [0.4, 0.5) is 0 Å². The largest absolute Gasteiger partial charge is 0.355 e. The van der Waals surface area contributed by atoms with Gasteiger partial charge < -0.3 is 4.98 Å². The molecule has 0 amide bonds. The van der Waals surface area contributed by atoms with Crippen LogP contribution in [0.1, 0.15) is 58.3 Å². The van der Waals surface area contributed by atoms with Crippen molar-refractivity contribution in [2.75, 3.05) is 0 Å². The zero-order chi connectivity index (χ0) is 18.0. The van der Waals surface area contributed by atoms with E-state index in [1.165, 1.54) is 11.6 Å². The lowest BCUT2D eigenvalue weighted by Crippen LogP contribution is -2.10. The second kappa shape index (κ2) is 6.89. The predicted octanol–water partition coefficient (Wildman–Crippen LogP) is 3.35. The van der Waals surface area contributed by atoms with Gasteiger partial charge in [0.05, 0.1) is 11.4 Å². The molecule has 0 aliphatic rings. The number of aromatic amines is 2. The third kappa shape index (κ3) is 3.45. The molecule has 128 valence electrons. The second-order valence-corrected chi connectivity index (χ2v) is 6.23. The maximum atomic E-state index is 12.8. The Labute approximate surface area is 146 Å². The molecule has 1 atom stereocenters. The summed E-state index contributed by atoms with van der Waals surface area (Å²) in [5.74, 6) is -0.0763. The standard InChI is InChI=1S/C20H21N3O2/c1-4-14-5-7-15(8-6-14)20(25)19-12(2)11-17(21-19)13(3)16-9-10-18(24)23-22-16/h5-11,13,21H,4H2,1-3H3,(H,23,24). The predicted molar refractivity (Wildman–Crippen MR) is 97.2 cm³/mol. The molecule has 0 aliphatic heterocycles. The molecule has 0 saturated carbocycles. The quantitative estimate of drug-likeness (QED) is 0.702. The summed E-state index contributed by atoms with van der Waals surface area (Å²) in [5.41, 5.74) is 4.77. The Morgan fingerprint density at radius 1 is 1.16 bits per heavy atom. The first kappa shape index (κ1) is 16.9. The van der Waals surface area contributed by atoms with Crippen LogP contribution in [-0.2, 0) is 6.42 Å². The lowest BCUT2D eigenvalue weighted by molar-refractivity contribution is 0.103. The fourth-order valence-electron chi connectivity index (χ4n) is 2.85. The summed E-state index contributed by atoms with van der Waals surface area (Å²) in [6.45, 7) is 5.99. The van der Waals surface area contributed by atoms with Gasteiger partial charge in [-0.3, -0.25) is 9.59 Å². The molecule has 3 aromatic rings. The molecule has 1 aromatic carbocycles. The summed E-state index contributed by atoms with van der Waals surface area (Å²) < 4.78 is 0. The van der Waals surface area contributed by atoms with Crippen LogP contribution in [0.2, 0.25) is 0 Å². The Bertz CT molecular complexity index is 931. The van der Waals surface area contributed by atoms with Crippen molar-refractivity contribution >= 4 is 5.78 Å². The van der Waals surface area contributed by atoms with Gasteiger partial charge in [-0.25, -0.2) is 5.10 Å². The van der Waals surface area contributed by atoms with Gasteiger partial charge in [0.1, 0.15) is 0 Å². The molecule has 5 nitrogen and oxygen atoms in total. The highest BCUT2D eigenvalue weighted by molar-refractivity contribution is 6.08. The monoisotopic (exact) mass is 335 g/mol. The molecule has 0 bridgehead atoms. The highest BCUT2D eigenvalue weighted by Crippen LogP contribution is 2.24. The Balaban J connectivity index is 1.89. The zero-order valence-corrected chi connectivity index (χ0v) is 14.6. The molecular weight excluding hydrogens is 314 g/mol. The van der Waals surface area contributed by atoms with E-state index >= 15 is 0 Å². The number of H-pyrrole nitrogens is 2. The minimum absolute atomic E-state index is 0.0203. The Morgan fingerprint density at radius 3 is 2.48 bits per heavy atom. The van der Waals surface area contributed by atoms with E-state index in [0.717, 1.165) is 23.4 Å². The number of carbonyl (C=O) groups excluding carboxylic acids is 1. The molecule has 2 heterocycles. The van der Waals surface area contributed by atoms with E-state index in [1.807, 2.05) is 44.2 Å². The summed E-state index contributed by atoms with van der Waals surface area (Å²) >= 11 is 0. The first-order valence-electron chi connectivity index (χ1n) is 8.38. The van der Waals surface area contributed by atoms with Crippen molar-refractivity contribution < 1.29 is 4.79 Å². The van der Waals surface area contributed by atoms with Crippen LogP contribution >= 0.6 is 0 Å². The lowest BCUT2D eigenvalue weighted by Gasteiger charge is -2.08. The topological polar surface area (TPSA) is 78.6 Å². The summed E-state index contributed by atoms with van der Waals surface area (Å²) in [4.78, 5) is 27.2. The number of aromatic nitrogens is 3. The highest BCUT2D eigenvalue weighted by atomic mass is 16.1. The van der Waals surface area contributed by atoms with Crippen LogP contribution in [0, 0.1) is 6.92 Å². The average Bonchev–Trinajstić information content (AvgIpc) is 3.03. The highest BCUT2D eigenvalue weighted by Gasteiger charge is 2.19. The van der Waals surface area contributed by atoms with E-state index in [9.17, 15) is 9.59 Å². The molecule has 25 heavy (non-hydrogen) atoms. The van der Waals surface area contributed by atoms with Gasteiger partial charge in [0, 0.05) is 23.2 Å². The molecule has 0 radical (unpaired) electrons. The fourth-order valence-corrected chi connectivity index (χ4v) is 2.85. The van der Waals surface area contributed by atoms with Crippen molar-refractivity contribution in [2.24, 2.45) is 0 Å². The Morgan fingerprint density at radius 2 is 1.88 bits per heavy atom. The molecule has 0 aliphatic carbocycles. The van der Waals surface area contributed by atoms with E-state index in [2.05, 4.69) is 22.1 Å². The number of benzene rings is 1. The van der Waals surface area contributed by atoms with E-state index in [-0.39, 0.29) is 17.3 Å². The minimum Gasteiger partial charge on any atom is -0.355 e. The summed E-state index contributed by atoms with van der Waals surface area (Å²) in [6.07, 6.45) is 0.948. The van der Waals surface area contributed by atoms with E-state index in [4.69, 9.17) is 0 Å². The molecule has 2 aromatic heterocycles. The lowest BCUT2D eigenvalue weighted by atomic mass is 10.0. The number of nitrogens with one attached hydrogen (secondary N) is 2. The number of hydrogen-bond acceptors (Lipinski definition) is 3. The molecule has 2 N–H and O–H groups in total. The molecule has 0 fully saturated rings. The Kier molecular flexibility index (Phi) is 4.65. The van der Waals surface area contributed by atoms with Crippen LogP contribution in [0.3, 0.4) is 0 Å². The smallest absolute Gasteiger partial charge is 0.264 e. The SMILES string of the molecule is CCc1ccc(C(=O)c2[nH]c(C(C)c3ccc(=O)[nH]n3)cc2C)cc1. The van der Waals surface area contributed by atoms with Gasteiger partial charge in [-0.15, -0.1) is 0 Å². The van der Waals surface area contributed by atoms with Crippen LogP contribution in [-0.4, -0.2) is 21.0 Å². The van der Waals surface area contributed by atoms with Crippen molar-refractivity contribution in [1.82, 2.24) is 15.2 Å². The summed E-state index contributed by atoms with van der Waals surface area (Å²) in [6, 6.07) is 12.8. The number of ketones is 1. The average molecular weight is 335 g/mol. The summed E-state index contributed by atoms with van der Waals surface area (Å²) in [5, 5.41) is 6.52. The van der Waals surface area contributed by atoms with Gasteiger partial charge in [-0.05, 0) is 36.6 Å². The van der Waals surface area contributed by atoms with Crippen molar-refractivity contribution in [2.45, 2.75) is 33.1 Å². The number of hydrogen-bond donors (Lipinski definition) is 2. The molecule has 0 spiro atoms. The van der Waals surface area contributed by atoms with Gasteiger partial charge in [-0.2, -0.15) is 5.10 Å². The third-order valence-corrected chi connectivity index (χ3v) is 4.50. The van der Waals surface area contributed by atoms with Crippen LogP contribution < -0.4 is 5.56 Å². The van der Waals surface area contributed by atoms with Gasteiger partial charge >= 0.3 is 0 Å². The summed E-state index contributed by atoms with van der Waals surface area (Å²) in [7, 11) is 0. The molecule has 3 rings (SSSR count).